The average Bonchev–Trinajstić information content (AvgIpc) is 2.49. The van der Waals surface area contributed by atoms with Crippen LogP contribution in [0, 0.1) is 0 Å². The number of rotatable bonds is 14. The normalized spacial score (nSPS) is 11.8. The minimum atomic E-state index is -5.38. The first-order chi connectivity index (χ1) is 11.1. The van der Waals surface area contributed by atoms with Gasteiger partial charge in [0.25, 0.3) is 0 Å². The number of carbonyl (C=O) groups is 1. The van der Waals surface area contributed by atoms with Crippen LogP contribution in [0.3, 0.4) is 0 Å². The molecule has 0 aliphatic carbocycles. The molecule has 0 aliphatic heterocycles. The number of hydrogen-bond acceptors (Lipinski definition) is 6. The molecule has 0 saturated carbocycles. The van der Waals surface area contributed by atoms with E-state index in [1.165, 1.54) is 39.2 Å². The van der Waals surface area contributed by atoms with Crippen molar-refractivity contribution in [3.8, 4) is 0 Å². The molecule has 0 spiro atoms. The van der Waals surface area contributed by atoms with Gasteiger partial charge in [-0.15, -0.1) is 0 Å². The number of hydrogen-bond donors (Lipinski definition) is 0. The van der Waals surface area contributed by atoms with E-state index in [0.29, 0.717) is 6.42 Å². The summed E-state index contributed by atoms with van der Waals surface area (Å²) in [5.41, 5.74) is 0. The minimum absolute atomic E-state index is 0. The van der Waals surface area contributed by atoms with Crippen molar-refractivity contribution in [2.45, 2.75) is 71.1 Å². The Morgan fingerprint density at radius 3 is 1.76 bits per heavy atom. The third-order valence-corrected chi connectivity index (χ3v) is 7.58. The van der Waals surface area contributed by atoms with Gasteiger partial charge in [0.05, 0.1) is 5.75 Å². The summed E-state index contributed by atoms with van der Waals surface area (Å²) in [6.07, 6.45) is 10.5. The maximum atomic E-state index is 11.8. The van der Waals surface area contributed by atoms with Gasteiger partial charge in [-0.25, -0.2) is 16.8 Å². The van der Waals surface area contributed by atoms with Gasteiger partial charge in [-0.2, -0.15) is 0 Å². The molecule has 0 rings (SSSR count). The summed E-state index contributed by atoms with van der Waals surface area (Å²) in [6, 6.07) is 0. The molecular weight excluding hydrogens is 377 g/mol. The predicted octanol–water partition coefficient (Wildman–Crippen LogP) is -0.755. The van der Waals surface area contributed by atoms with Crippen LogP contribution in [0.5, 0.6) is 0 Å². The molecule has 0 aliphatic rings. The zero-order valence-electron chi connectivity index (χ0n) is 15.7. The van der Waals surface area contributed by atoms with E-state index in [9.17, 15) is 26.2 Å². The van der Waals surface area contributed by atoms with Crippen molar-refractivity contribution in [2.75, 3.05) is 19.3 Å². The topological polar surface area (TPSA) is 112 Å². The molecule has 0 aromatic heterocycles. The summed E-state index contributed by atoms with van der Waals surface area (Å²) < 4.78 is 54.0. The molecule has 0 aromatic carbocycles. The van der Waals surface area contributed by atoms with Crippen molar-refractivity contribution >= 4 is 23.9 Å². The molecule has 0 heterocycles. The molecule has 0 atom stereocenters. The number of carbonyl (C=O) groups excluding carboxylic acids is 1. The second kappa shape index (κ2) is 14.4. The molecule has 7 nitrogen and oxygen atoms in total. The van der Waals surface area contributed by atoms with Gasteiger partial charge in [0.2, 0.25) is 23.9 Å². The van der Waals surface area contributed by atoms with Gasteiger partial charge in [-0.1, -0.05) is 58.3 Å². The summed E-state index contributed by atoms with van der Waals surface area (Å²) in [5.74, 6) is -1.10. The van der Waals surface area contributed by atoms with Crippen LogP contribution in [0.15, 0.2) is 0 Å². The van der Waals surface area contributed by atoms with E-state index in [-0.39, 0.29) is 42.0 Å². The van der Waals surface area contributed by atoms with Crippen LogP contribution < -0.4 is 29.6 Å². The van der Waals surface area contributed by atoms with Crippen molar-refractivity contribution in [3.63, 3.8) is 0 Å². The fraction of sp³-hybridized carbons (Fsp3) is 0.933. The smallest absolute Gasteiger partial charge is 0.736 e. The molecule has 10 heteroatoms. The number of nitrogens with zero attached hydrogens (tertiary/aromatic N) is 1. The second-order valence-corrected chi connectivity index (χ2v) is 11.2. The molecule has 0 radical (unpaired) electrons. The van der Waals surface area contributed by atoms with E-state index in [4.69, 9.17) is 0 Å². The summed E-state index contributed by atoms with van der Waals surface area (Å²) in [6.45, 7) is 1.89. The van der Waals surface area contributed by atoms with Crippen LogP contribution in [0.4, 0.5) is 0 Å². The van der Waals surface area contributed by atoms with E-state index < -0.39 is 23.8 Å². The van der Waals surface area contributed by atoms with E-state index in [1.54, 1.807) is 0 Å². The zero-order chi connectivity index (χ0) is 18.6. The third kappa shape index (κ3) is 13.2. The fourth-order valence-corrected chi connectivity index (χ4v) is 3.79. The van der Waals surface area contributed by atoms with Crippen LogP contribution >= 0.6 is 0 Å². The largest absolute Gasteiger partial charge is 1.00 e. The van der Waals surface area contributed by atoms with Gasteiger partial charge in [0.15, 0.2) is 0 Å². The monoisotopic (exact) mass is 407 g/mol. The first kappa shape index (κ1) is 27.5. The first-order valence-electron chi connectivity index (χ1n) is 8.54. The Balaban J connectivity index is 0. The average molecular weight is 408 g/mol. The predicted molar refractivity (Wildman–Crippen MR) is 93.0 cm³/mol. The summed E-state index contributed by atoms with van der Waals surface area (Å²) in [4.78, 5) is 13.0. The quantitative estimate of drug-likeness (QED) is 0.162. The Bertz CT molecular complexity index is 563. The molecule has 0 aromatic rings. The van der Waals surface area contributed by atoms with Crippen LogP contribution in [-0.4, -0.2) is 51.5 Å². The van der Waals surface area contributed by atoms with Crippen molar-refractivity contribution in [1.29, 1.82) is 0 Å². The van der Waals surface area contributed by atoms with Crippen LogP contribution in [0.1, 0.15) is 71.1 Å². The Morgan fingerprint density at radius 2 is 1.32 bits per heavy atom. The van der Waals surface area contributed by atoms with Crippen LogP contribution in [-0.2, 0) is 22.8 Å². The van der Waals surface area contributed by atoms with Gasteiger partial charge < -0.3 is 9.45 Å². The fourth-order valence-electron chi connectivity index (χ4n) is 2.25. The molecule has 25 heavy (non-hydrogen) atoms. The van der Waals surface area contributed by atoms with Gasteiger partial charge in [0, 0.05) is 20.0 Å². The Kier molecular flexibility index (Phi) is 15.9. The van der Waals surface area contributed by atoms with E-state index >= 15 is 0 Å². The Morgan fingerprint density at radius 1 is 0.880 bits per heavy atom. The number of unbranched alkanes of at least 4 members (excludes halogenated alkanes) is 8. The zero-order valence-corrected chi connectivity index (χ0v) is 19.3. The Hall–Kier alpha value is 0.330. The summed E-state index contributed by atoms with van der Waals surface area (Å²) in [5, 5.41) is 0. The van der Waals surface area contributed by atoms with Crippen molar-refractivity contribution < 1.29 is 55.7 Å². The Labute approximate surface area is 174 Å². The molecule has 0 unspecified atom stereocenters. The molecule has 0 saturated heterocycles. The van der Waals surface area contributed by atoms with Gasteiger partial charge >= 0.3 is 29.6 Å². The molecule has 1 amide bonds. The SMILES string of the molecule is CCCCCCCCCCCC(=O)N(C)CCS(=O)(=O)S(=O)(=O)[O-].[Na+]. The first-order valence-corrected chi connectivity index (χ1v) is 12.1. The van der Waals surface area contributed by atoms with Gasteiger partial charge in [0.1, 0.15) is 0 Å². The molecule has 0 N–H and O–H groups in total. The molecular formula is C15H30NNaO6S2. The number of amides is 1. The van der Waals surface area contributed by atoms with E-state index in [1.807, 2.05) is 0 Å². The van der Waals surface area contributed by atoms with Gasteiger partial charge in [-0.3, -0.25) is 4.79 Å². The van der Waals surface area contributed by atoms with Gasteiger partial charge in [-0.05, 0) is 6.42 Å². The summed E-state index contributed by atoms with van der Waals surface area (Å²) >= 11 is 0. The minimum Gasteiger partial charge on any atom is -0.736 e. The van der Waals surface area contributed by atoms with Crippen LogP contribution in [0.25, 0.3) is 0 Å². The standard InChI is InChI=1S/C15H31NO6S2.Na/c1-3-4-5-6-7-8-9-10-11-12-15(17)16(2)13-14-23(18,19)24(20,21)22;/h3-14H2,1-2H3,(H,20,21,22);/q;+1/p-1. The van der Waals surface area contributed by atoms with Crippen LogP contribution in [0.2, 0.25) is 0 Å². The maximum Gasteiger partial charge on any atom is 1.00 e. The van der Waals surface area contributed by atoms with Crippen molar-refractivity contribution in [1.82, 2.24) is 4.90 Å². The third-order valence-electron chi connectivity index (χ3n) is 3.91. The van der Waals surface area contributed by atoms with Crippen molar-refractivity contribution in [3.05, 3.63) is 0 Å². The maximum absolute atomic E-state index is 11.8. The summed E-state index contributed by atoms with van der Waals surface area (Å²) in [7, 11) is -8.72. The molecule has 144 valence electrons. The van der Waals surface area contributed by atoms with Crippen molar-refractivity contribution in [2.24, 2.45) is 0 Å². The van der Waals surface area contributed by atoms with E-state index in [0.717, 1.165) is 30.6 Å². The molecule has 0 fully saturated rings. The second-order valence-electron chi connectivity index (χ2n) is 6.06. The molecule has 0 bridgehead atoms. The van der Waals surface area contributed by atoms with E-state index in [2.05, 4.69) is 6.92 Å².